The van der Waals surface area contributed by atoms with Gasteiger partial charge < -0.3 is 15.7 Å². The van der Waals surface area contributed by atoms with Crippen LogP contribution in [0.25, 0.3) is 11.1 Å². The normalized spacial score (nSPS) is 10.3. The molecular weight excluding hydrogens is 528 g/mol. The summed E-state index contributed by atoms with van der Waals surface area (Å²) >= 11 is 10.2. The van der Waals surface area contributed by atoms with Crippen LogP contribution in [0, 0.1) is 0 Å². The third kappa shape index (κ3) is 23.6. The molecule has 0 saturated carbocycles. The van der Waals surface area contributed by atoms with E-state index in [1.807, 2.05) is 74.7 Å². The first-order valence-electron chi connectivity index (χ1n) is 13.1. The highest BCUT2D eigenvalue weighted by Gasteiger charge is 2.01. The van der Waals surface area contributed by atoms with Gasteiger partial charge in [-0.1, -0.05) is 124 Å². The van der Waals surface area contributed by atoms with E-state index in [1.54, 1.807) is 13.1 Å². The van der Waals surface area contributed by atoms with Crippen LogP contribution in [0.3, 0.4) is 0 Å². The number of carboxylic acid groups (broad SMARTS) is 1. The molecule has 214 valence electrons. The molecule has 0 aliphatic rings. The van der Waals surface area contributed by atoms with Crippen LogP contribution in [-0.2, 0) is 4.79 Å². The molecule has 3 N–H and O–H groups in total. The zero-order valence-electron chi connectivity index (χ0n) is 24.0. The number of thiocarbonyl (C=S) groups is 1. The van der Waals surface area contributed by atoms with Crippen molar-refractivity contribution in [3.63, 3.8) is 0 Å². The van der Waals surface area contributed by atoms with Crippen molar-refractivity contribution >= 4 is 47.3 Å². The topological polar surface area (TPSA) is 78.4 Å². The van der Waals surface area contributed by atoms with Crippen molar-refractivity contribution in [2.24, 2.45) is 0 Å². The van der Waals surface area contributed by atoms with E-state index in [9.17, 15) is 4.79 Å². The average Bonchev–Trinajstić information content (AvgIpc) is 2.94. The van der Waals surface area contributed by atoms with Crippen molar-refractivity contribution in [2.75, 3.05) is 12.4 Å². The Bertz CT molecular complexity index is 977. The molecule has 2 aromatic carbocycles. The highest BCUT2D eigenvalue weighted by Crippen LogP contribution is 2.21. The third-order valence-corrected chi connectivity index (χ3v) is 5.34. The lowest BCUT2D eigenvalue weighted by Crippen LogP contribution is -1.95. The quantitative estimate of drug-likeness (QED) is 0.0772. The number of allylic oxidation sites excluding steroid dienone is 5. The maximum absolute atomic E-state index is 11.2. The largest absolute Gasteiger partial charge is 0.483 e. The van der Waals surface area contributed by atoms with Crippen LogP contribution in [0.1, 0.15) is 76.6 Å². The summed E-state index contributed by atoms with van der Waals surface area (Å²) in [6.07, 6.45) is 17.4. The Morgan fingerprint density at radius 3 is 1.85 bits per heavy atom. The van der Waals surface area contributed by atoms with Gasteiger partial charge in [-0.25, -0.2) is 0 Å². The molecule has 7 heteroatoms. The number of ketones is 1. The van der Waals surface area contributed by atoms with Gasteiger partial charge in [0.05, 0.1) is 5.49 Å². The molecule has 5 nitrogen and oxygen atoms in total. The molecule has 0 atom stereocenters. The zero-order valence-corrected chi connectivity index (χ0v) is 25.5. The molecule has 39 heavy (non-hydrogen) atoms. The molecule has 0 spiro atoms. The highest BCUT2D eigenvalue weighted by atomic mass is 35.5. The third-order valence-electron chi connectivity index (χ3n) is 5.05. The fraction of sp³-hybridized carbons (Fsp3) is 0.344. The van der Waals surface area contributed by atoms with Gasteiger partial charge in [-0.3, -0.25) is 9.59 Å². The summed E-state index contributed by atoms with van der Waals surface area (Å²) in [5, 5.41) is 13.6. The number of hydrogen-bond donors (Lipinski definition) is 3. The van der Waals surface area contributed by atoms with Gasteiger partial charge in [0.15, 0.2) is 5.78 Å². The van der Waals surface area contributed by atoms with Crippen LogP contribution >= 0.6 is 23.8 Å². The molecule has 0 bridgehead atoms. The first kappa shape index (κ1) is 37.9. The molecule has 2 rings (SSSR count). The Morgan fingerprint density at radius 2 is 1.44 bits per heavy atom. The summed E-state index contributed by atoms with van der Waals surface area (Å²) in [4.78, 5) is 19.5. The number of anilines is 1. The van der Waals surface area contributed by atoms with Gasteiger partial charge in [0.25, 0.3) is 6.47 Å². The van der Waals surface area contributed by atoms with Crippen LogP contribution in [0.4, 0.5) is 5.69 Å². The number of nitrogens with one attached hydrogen (secondary N) is 2. The van der Waals surface area contributed by atoms with E-state index >= 15 is 0 Å². The molecule has 0 unspecified atom stereocenters. The summed E-state index contributed by atoms with van der Waals surface area (Å²) in [7, 11) is 1.90. The monoisotopic (exact) mass is 572 g/mol. The lowest BCUT2D eigenvalue weighted by atomic mass is 10.0. The molecule has 0 aromatic heterocycles. The van der Waals surface area contributed by atoms with Gasteiger partial charge in [-0.05, 0) is 49.6 Å². The van der Waals surface area contributed by atoms with Crippen LogP contribution in [0.15, 0.2) is 84.1 Å². The van der Waals surface area contributed by atoms with Gasteiger partial charge in [0.2, 0.25) is 0 Å². The minimum Gasteiger partial charge on any atom is -0.483 e. The Kier molecular flexibility index (Phi) is 27.0. The van der Waals surface area contributed by atoms with Crippen molar-refractivity contribution in [2.45, 2.75) is 66.2 Å². The maximum Gasteiger partial charge on any atom is 0.290 e. The summed E-state index contributed by atoms with van der Waals surface area (Å²) in [6, 6.07) is 15.9. The predicted octanol–water partition coefficient (Wildman–Crippen LogP) is 9.41. The van der Waals surface area contributed by atoms with Crippen LogP contribution in [0.5, 0.6) is 0 Å². The van der Waals surface area contributed by atoms with E-state index in [2.05, 4.69) is 48.8 Å². The van der Waals surface area contributed by atoms with Gasteiger partial charge in [-0.15, -0.1) is 0 Å². The fourth-order valence-electron chi connectivity index (χ4n) is 2.94. The van der Waals surface area contributed by atoms with Gasteiger partial charge in [0, 0.05) is 29.5 Å². The van der Waals surface area contributed by atoms with Gasteiger partial charge >= 0.3 is 0 Å². The first-order chi connectivity index (χ1) is 18.8. The lowest BCUT2D eigenvalue weighted by Gasteiger charge is -2.04. The Hall–Kier alpha value is -3.22. The second kappa shape index (κ2) is 27.8. The van der Waals surface area contributed by atoms with E-state index in [4.69, 9.17) is 21.5 Å². The number of unbranched alkanes of at least 4 members (excludes halogenated alkanes) is 4. The number of halogens is 1. The fourth-order valence-corrected chi connectivity index (χ4v) is 3.11. The van der Waals surface area contributed by atoms with Gasteiger partial charge in [-0.2, -0.15) is 0 Å². The van der Waals surface area contributed by atoms with Crippen LogP contribution < -0.4 is 10.6 Å². The van der Waals surface area contributed by atoms with E-state index < -0.39 is 0 Å². The highest BCUT2D eigenvalue weighted by molar-refractivity contribution is 7.78. The van der Waals surface area contributed by atoms with Gasteiger partial charge in [0.1, 0.15) is 0 Å². The average molecular weight is 573 g/mol. The zero-order chi connectivity index (χ0) is 29.7. The second-order valence-electron chi connectivity index (χ2n) is 8.23. The number of carbonyl (C=O) groups is 2. The van der Waals surface area contributed by atoms with Crippen molar-refractivity contribution in [1.82, 2.24) is 5.32 Å². The number of benzene rings is 2. The number of rotatable bonds is 12. The summed E-state index contributed by atoms with van der Waals surface area (Å²) in [6.45, 7) is 7.68. The maximum atomic E-state index is 11.2. The minimum atomic E-state index is -0.250. The summed E-state index contributed by atoms with van der Waals surface area (Å²) in [5.74, 6) is 0.0991. The molecule has 2 aromatic rings. The van der Waals surface area contributed by atoms with Crippen molar-refractivity contribution in [3.05, 3.63) is 89.6 Å². The molecular formula is C32H45ClN2O3S. The van der Waals surface area contributed by atoms with Crippen molar-refractivity contribution in [1.29, 1.82) is 0 Å². The SMILES string of the molecule is C/C(Cl)=C\CC=C/C=C/NC=S.CCCCCCC.CNc1ccc(-c2ccc(C(C)=O)cc2)cc1.O=CO. The molecule has 0 heterocycles. The lowest BCUT2D eigenvalue weighted by molar-refractivity contribution is -0.122. The van der Waals surface area contributed by atoms with E-state index in [-0.39, 0.29) is 12.3 Å². The van der Waals surface area contributed by atoms with Crippen LogP contribution in [0.2, 0.25) is 0 Å². The smallest absolute Gasteiger partial charge is 0.290 e. The van der Waals surface area contributed by atoms with E-state index in [0.717, 1.165) is 33.8 Å². The number of Topliss-reactive ketones (excluding diaryl/α,β-unsaturated/α-hetero) is 1. The molecule has 0 aliphatic heterocycles. The molecule has 0 fully saturated rings. The van der Waals surface area contributed by atoms with Crippen LogP contribution in [-0.4, -0.2) is 29.9 Å². The summed E-state index contributed by atoms with van der Waals surface area (Å²) in [5.41, 5.74) is 5.57. The van der Waals surface area contributed by atoms with E-state index in [1.165, 1.54) is 37.6 Å². The molecule has 0 aliphatic carbocycles. The number of carbonyl (C=O) groups excluding carboxylic acids is 1. The Balaban J connectivity index is 0. The molecule has 0 radical (unpaired) electrons. The van der Waals surface area contributed by atoms with E-state index in [0.29, 0.717) is 0 Å². The number of hydrogen-bond acceptors (Lipinski definition) is 4. The first-order valence-corrected chi connectivity index (χ1v) is 14.0. The Labute approximate surface area is 246 Å². The van der Waals surface area contributed by atoms with Crippen molar-refractivity contribution < 1.29 is 14.7 Å². The van der Waals surface area contributed by atoms with Crippen molar-refractivity contribution in [3.8, 4) is 11.1 Å². The molecule has 0 saturated heterocycles. The standard InChI is InChI=1S/C15H15NO.C9H12ClNS.C7H16.CH2O2/c1-11(17)12-3-5-13(6-4-12)14-7-9-15(16-2)10-8-14;1-9(10)6-4-2-3-5-7-11-8-12;1-3-5-7-6-4-2;2-1-3/h3-10,16H,1-2H3;2-3,5-8H,4H2,1H3,(H,11,12);3-7H2,1-2H3;1H,(H,2,3)/b;3-2?,7-5+,9-6+;;. The minimum absolute atomic E-state index is 0.0991. The predicted molar refractivity (Wildman–Crippen MR) is 174 cm³/mol. The second-order valence-corrected chi connectivity index (χ2v) is 9.06. The Morgan fingerprint density at radius 1 is 0.923 bits per heavy atom. The molecule has 0 amide bonds. The summed E-state index contributed by atoms with van der Waals surface area (Å²) < 4.78 is 0.